The fraction of sp³-hybridized carbons (Fsp3) is 0.360. The quantitative estimate of drug-likeness (QED) is 0.0888. The van der Waals surface area contributed by atoms with E-state index in [9.17, 15) is 33.5 Å². The number of nitrogens with one attached hydrogen (secondary N) is 1. The van der Waals surface area contributed by atoms with Gasteiger partial charge in [-0.15, -0.1) is 0 Å². The molecule has 4 aromatic carbocycles. The summed E-state index contributed by atoms with van der Waals surface area (Å²) in [5.41, 5.74) is 5.77. The van der Waals surface area contributed by atoms with Crippen LogP contribution in [0, 0.1) is 19.7 Å². The first-order valence-electron chi connectivity index (χ1n) is 22.5. The molecule has 2 saturated heterocycles. The summed E-state index contributed by atoms with van der Waals surface area (Å²) < 4.78 is 30.1. The molecule has 2 atom stereocenters. The zero-order valence-corrected chi connectivity index (χ0v) is 38.5. The number of hydrogen-bond donors (Lipinski definition) is 2. The highest BCUT2D eigenvalue weighted by Gasteiger charge is 2.41. The number of halogens is 2. The summed E-state index contributed by atoms with van der Waals surface area (Å²) in [6, 6.07) is 18.1. The van der Waals surface area contributed by atoms with Crippen molar-refractivity contribution in [2.24, 2.45) is 7.05 Å². The normalized spacial score (nSPS) is 17.0. The molecular formula is C50H51ClFN7O8. The second kappa shape index (κ2) is 18.5. The van der Waals surface area contributed by atoms with Gasteiger partial charge in [-0.3, -0.25) is 34.1 Å². The number of carboxylic acid groups (broad SMARTS) is 1. The summed E-state index contributed by atoms with van der Waals surface area (Å²) in [5.74, 6) is -1.79. The van der Waals surface area contributed by atoms with Gasteiger partial charge < -0.3 is 28.9 Å². The molecule has 0 bridgehead atoms. The van der Waals surface area contributed by atoms with Crippen LogP contribution in [0.2, 0.25) is 5.02 Å². The molecule has 6 aromatic rings. The Kier molecular flexibility index (Phi) is 12.5. The highest BCUT2D eigenvalue weighted by Crippen LogP contribution is 2.42. The number of carbonyl (C=O) groups excluding carboxylic acids is 4. The van der Waals surface area contributed by atoms with Crippen molar-refractivity contribution >= 4 is 62.9 Å². The maximum absolute atomic E-state index is 14.0. The van der Waals surface area contributed by atoms with E-state index in [-0.39, 0.29) is 48.6 Å². The monoisotopic (exact) mass is 931 g/mol. The average molecular weight is 932 g/mol. The van der Waals surface area contributed by atoms with Crippen molar-refractivity contribution in [3.05, 3.63) is 111 Å². The van der Waals surface area contributed by atoms with Gasteiger partial charge in [0.05, 0.1) is 29.4 Å². The van der Waals surface area contributed by atoms with Gasteiger partial charge in [0.1, 0.15) is 29.1 Å². The number of carboxylic acids is 1. The molecule has 2 aromatic heterocycles. The molecule has 15 nitrogen and oxygen atoms in total. The van der Waals surface area contributed by atoms with Crippen molar-refractivity contribution in [2.75, 3.05) is 39.3 Å². The van der Waals surface area contributed by atoms with Crippen LogP contribution in [0.1, 0.15) is 69.5 Å². The first kappa shape index (κ1) is 45.4. The second-order valence-corrected chi connectivity index (χ2v) is 17.9. The summed E-state index contributed by atoms with van der Waals surface area (Å²) in [6.07, 6.45) is 0.415. The molecule has 0 unspecified atom stereocenters. The van der Waals surface area contributed by atoms with Gasteiger partial charge in [0, 0.05) is 91.5 Å². The van der Waals surface area contributed by atoms with E-state index < -0.39 is 24.0 Å². The number of rotatable bonds is 14. The smallest absolute Gasteiger partial charge is 0.352 e. The number of ether oxygens (including phenoxy) is 2. The van der Waals surface area contributed by atoms with Gasteiger partial charge in [0.25, 0.3) is 11.8 Å². The molecule has 0 saturated carbocycles. The highest BCUT2D eigenvalue weighted by molar-refractivity contribution is 6.35. The van der Waals surface area contributed by atoms with Crippen molar-refractivity contribution in [1.82, 2.24) is 34.4 Å². The summed E-state index contributed by atoms with van der Waals surface area (Å²) >= 11 is 7.07. The van der Waals surface area contributed by atoms with Crippen LogP contribution in [-0.2, 0) is 40.9 Å². The lowest BCUT2D eigenvalue weighted by molar-refractivity contribution is -0.140. The Morgan fingerprint density at radius 2 is 1.70 bits per heavy atom. The molecule has 5 heterocycles. The van der Waals surface area contributed by atoms with Crippen LogP contribution in [0.25, 0.3) is 32.8 Å². The van der Waals surface area contributed by atoms with Crippen LogP contribution in [-0.4, -0.2) is 115 Å². The molecule has 2 N–H and O–H groups in total. The number of aromatic carboxylic acids is 1. The Morgan fingerprint density at radius 1 is 0.955 bits per heavy atom. The number of aryl methyl sites for hydroxylation is 3. The minimum Gasteiger partial charge on any atom is -0.493 e. The molecule has 348 valence electrons. The van der Waals surface area contributed by atoms with Crippen molar-refractivity contribution in [3.63, 3.8) is 0 Å². The number of carbonyl (C=O) groups is 5. The van der Waals surface area contributed by atoms with E-state index in [0.717, 1.165) is 38.7 Å². The van der Waals surface area contributed by atoms with E-state index in [4.69, 9.17) is 21.1 Å². The Balaban J connectivity index is 0.906. The van der Waals surface area contributed by atoms with Crippen molar-refractivity contribution < 1.29 is 42.9 Å². The van der Waals surface area contributed by atoms with Gasteiger partial charge in [0.15, 0.2) is 6.10 Å². The second-order valence-electron chi connectivity index (χ2n) is 17.5. The first-order valence-corrected chi connectivity index (χ1v) is 22.9. The molecule has 17 heteroatoms. The van der Waals surface area contributed by atoms with Crippen molar-refractivity contribution in [1.29, 1.82) is 0 Å². The predicted octanol–water partition coefficient (Wildman–Crippen LogP) is 6.69. The summed E-state index contributed by atoms with van der Waals surface area (Å²) in [6.45, 7) is 8.71. The van der Waals surface area contributed by atoms with E-state index >= 15 is 0 Å². The molecule has 0 spiro atoms. The molecule has 0 aliphatic carbocycles. The summed E-state index contributed by atoms with van der Waals surface area (Å²) in [4.78, 5) is 70.4. The number of hydrogen-bond acceptors (Lipinski definition) is 9. The minimum atomic E-state index is -1.06. The maximum atomic E-state index is 14.0. The van der Waals surface area contributed by atoms with Gasteiger partial charge >= 0.3 is 5.97 Å². The Hall–Kier alpha value is -6.78. The molecule has 3 aliphatic rings. The molecule has 9 rings (SSSR count). The predicted molar refractivity (Wildman–Crippen MR) is 249 cm³/mol. The van der Waals surface area contributed by atoms with Crippen LogP contribution < -0.4 is 14.8 Å². The zero-order chi connectivity index (χ0) is 47.3. The van der Waals surface area contributed by atoms with Crippen LogP contribution >= 0.6 is 11.6 Å². The highest BCUT2D eigenvalue weighted by atomic mass is 35.5. The van der Waals surface area contributed by atoms with E-state index in [1.165, 1.54) is 17.0 Å². The maximum Gasteiger partial charge on any atom is 0.352 e. The lowest BCUT2D eigenvalue weighted by Crippen LogP contribution is -2.52. The van der Waals surface area contributed by atoms with Gasteiger partial charge in [-0.05, 0) is 93.4 Å². The molecule has 3 aliphatic heterocycles. The molecule has 0 radical (unpaired) electrons. The fourth-order valence-electron chi connectivity index (χ4n) is 9.97. The fourth-order valence-corrected chi connectivity index (χ4v) is 10.2. The topological polar surface area (TPSA) is 169 Å². The molecule has 4 amide bonds. The summed E-state index contributed by atoms with van der Waals surface area (Å²) in [5, 5.41) is 20.7. The number of benzene rings is 4. The average Bonchev–Trinajstić information content (AvgIpc) is 3.90. The first-order chi connectivity index (χ1) is 32.2. The van der Waals surface area contributed by atoms with E-state index in [1.54, 1.807) is 40.8 Å². The van der Waals surface area contributed by atoms with Crippen molar-refractivity contribution in [3.8, 4) is 22.6 Å². The van der Waals surface area contributed by atoms with Crippen LogP contribution in [0.3, 0.4) is 0 Å². The number of imide groups is 1. The number of amides is 4. The van der Waals surface area contributed by atoms with Gasteiger partial charge in [-0.1, -0.05) is 35.9 Å². The van der Waals surface area contributed by atoms with Gasteiger partial charge in [-0.25, -0.2) is 9.18 Å². The largest absolute Gasteiger partial charge is 0.493 e. The van der Waals surface area contributed by atoms with Crippen LogP contribution in [0.4, 0.5) is 4.39 Å². The third-order valence-corrected chi connectivity index (χ3v) is 13.7. The third kappa shape index (κ3) is 8.59. The number of fused-ring (bicyclic) bond motifs is 3. The third-order valence-electron chi connectivity index (χ3n) is 13.4. The molecule has 2 fully saturated rings. The molecule has 67 heavy (non-hydrogen) atoms. The molecular weight excluding hydrogens is 881 g/mol. The zero-order valence-electron chi connectivity index (χ0n) is 37.7. The van der Waals surface area contributed by atoms with Crippen LogP contribution in [0.5, 0.6) is 11.5 Å². The van der Waals surface area contributed by atoms with E-state index in [2.05, 4.69) is 15.3 Å². The number of nitrogens with zero attached hydrogens (tertiary/aromatic N) is 6. The van der Waals surface area contributed by atoms with E-state index in [0.29, 0.717) is 97.4 Å². The number of piperazine rings is 1. The number of aromatic nitrogens is 3. The minimum absolute atomic E-state index is 0.123. The van der Waals surface area contributed by atoms with Gasteiger partial charge in [-0.2, -0.15) is 5.10 Å². The lowest BCUT2D eigenvalue weighted by atomic mass is 9.98. The van der Waals surface area contributed by atoms with Crippen LogP contribution in [0.15, 0.2) is 66.7 Å². The van der Waals surface area contributed by atoms with Gasteiger partial charge in [0.2, 0.25) is 11.8 Å². The van der Waals surface area contributed by atoms with Crippen molar-refractivity contribution in [2.45, 2.75) is 71.7 Å². The number of piperidine rings is 1. The van der Waals surface area contributed by atoms with E-state index in [1.807, 2.05) is 55.8 Å². The SMILES string of the molecule is Cc1nn(C)c(C)c1-c1c(Cl)ccc2c(CCCOc3cccc4cc(F)ccc34)c(C(=O)O)n(CCN3CCN(C(=O)[C@H](C)Oc4cccc5c4CN([C@@H]4CCC(=O)NC4=O)C5=O)CC3)c12. The Bertz CT molecular complexity index is 2990. The summed E-state index contributed by atoms with van der Waals surface area (Å²) in [7, 11) is 1.87. The Labute approximate surface area is 390 Å². The lowest BCUT2D eigenvalue weighted by Gasteiger charge is -2.36. The Morgan fingerprint density at radius 3 is 2.43 bits per heavy atom. The standard InChI is InChI=1S/C50H51ClFN7O8/c1-28-43(29(2)55(4)54-28)44-38(51)16-15-35-34(10-7-25-66-40-11-5-8-31-26-32(52)13-14-33(31)40)46(50(64)65)58(45(35)44)24-21-56-19-22-57(23-20-56)48(62)30(3)67-41-12-6-9-36-37(41)27-59(49(36)63)39-17-18-42(60)53-47(39)61/h5-6,8-9,11-16,26,30,39H,7,10,17-25,27H2,1-4H3,(H,64,65)(H,53,60,61)/t30-,39+/m0/s1.